The minimum absolute atomic E-state index is 0.0577. The molecule has 2 amide bonds. The molecule has 0 saturated carbocycles. The van der Waals surface area contributed by atoms with Crippen LogP contribution in [-0.4, -0.2) is 57.1 Å². The van der Waals surface area contributed by atoms with Crippen molar-refractivity contribution in [2.45, 2.75) is 40.0 Å². The summed E-state index contributed by atoms with van der Waals surface area (Å²) >= 11 is 0. The summed E-state index contributed by atoms with van der Waals surface area (Å²) < 4.78 is 10.8. The van der Waals surface area contributed by atoms with E-state index in [1.54, 1.807) is 14.2 Å². The molecule has 0 unspecified atom stereocenters. The Hall–Kier alpha value is -2.44. The van der Waals surface area contributed by atoms with Crippen LogP contribution in [0.25, 0.3) is 0 Å². The van der Waals surface area contributed by atoms with Crippen LogP contribution in [0.4, 0.5) is 5.69 Å². The molecule has 0 bridgehead atoms. The van der Waals surface area contributed by atoms with Gasteiger partial charge < -0.3 is 25.0 Å². The van der Waals surface area contributed by atoms with E-state index in [2.05, 4.69) is 18.7 Å². The van der Waals surface area contributed by atoms with E-state index >= 15 is 0 Å². The van der Waals surface area contributed by atoms with Gasteiger partial charge in [0, 0.05) is 44.1 Å². The van der Waals surface area contributed by atoms with Crippen LogP contribution in [0.3, 0.4) is 0 Å². The summed E-state index contributed by atoms with van der Waals surface area (Å²) in [6.45, 7) is 8.82. The number of piperazine rings is 1. The number of carbonyl (C=O) groups is 2. The molecular formula is C23H37N3O4. The predicted molar refractivity (Wildman–Crippen MR) is 119 cm³/mol. The van der Waals surface area contributed by atoms with Crippen molar-refractivity contribution in [2.24, 2.45) is 23.5 Å². The van der Waals surface area contributed by atoms with Crippen LogP contribution < -0.4 is 20.1 Å². The van der Waals surface area contributed by atoms with Gasteiger partial charge in [-0.1, -0.05) is 27.2 Å². The molecule has 7 heteroatoms. The number of hydrogen-bond acceptors (Lipinski definition) is 5. The number of primary amides is 1. The van der Waals surface area contributed by atoms with E-state index in [0.717, 1.165) is 23.6 Å². The van der Waals surface area contributed by atoms with Crippen LogP contribution in [0, 0.1) is 17.8 Å². The number of amides is 2. The molecule has 2 rings (SSSR count). The van der Waals surface area contributed by atoms with Gasteiger partial charge in [0.05, 0.1) is 19.9 Å². The van der Waals surface area contributed by atoms with Crippen LogP contribution in [0.15, 0.2) is 18.2 Å². The number of nitrogens with zero attached hydrogens (tertiary/aromatic N) is 2. The molecule has 2 N–H and O–H groups in total. The van der Waals surface area contributed by atoms with Gasteiger partial charge in [0.15, 0.2) is 0 Å². The number of ether oxygens (including phenoxy) is 2. The highest BCUT2D eigenvalue weighted by molar-refractivity contribution is 5.87. The molecule has 1 fully saturated rings. The molecule has 0 radical (unpaired) electrons. The van der Waals surface area contributed by atoms with Gasteiger partial charge in [-0.05, 0) is 30.9 Å². The number of hydrogen-bond donors (Lipinski definition) is 1. The molecule has 2 atom stereocenters. The molecule has 1 heterocycles. The average molecular weight is 420 g/mol. The lowest BCUT2D eigenvalue weighted by Crippen LogP contribution is -2.52. The third kappa shape index (κ3) is 5.80. The smallest absolute Gasteiger partial charge is 0.226 e. The molecule has 7 nitrogen and oxygen atoms in total. The minimum Gasteiger partial charge on any atom is -0.497 e. The van der Waals surface area contributed by atoms with Crippen LogP contribution >= 0.6 is 0 Å². The molecule has 1 aliphatic heterocycles. The third-order valence-corrected chi connectivity index (χ3v) is 5.81. The Labute approximate surface area is 180 Å². The highest BCUT2D eigenvalue weighted by Crippen LogP contribution is 2.33. The molecule has 1 aliphatic rings. The first-order valence-electron chi connectivity index (χ1n) is 10.9. The van der Waals surface area contributed by atoms with Gasteiger partial charge in [0.1, 0.15) is 11.5 Å². The molecule has 168 valence electrons. The highest BCUT2D eigenvalue weighted by atomic mass is 16.5. The number of anilines is 1. The van der Waals surface area contributed by atoms with Crippen molar-refractivity contribution in [3.63, 3.8) is 0 Å². The second-order valence-electron chi connectivity index (χ2n) is 8.38. The van der Waals surface area contributed by atoms with Crippen LogP contribution in [-0.2, 0) is 9.59 Å². The van der Waals surface area contributed by atoms with Crippen LogP contribution in [0.5, 0.6) is 11.5 Å². The number of rotatable bonds is 10. The van der Waals surface area contributed by atoms with Crippen molar-refractivity contribution in [3.8, 4) is 11.5 Å². The maximum absolute atomic E-state index is 13.4. The Morgan fingerprint density at radius 1 is 1.07 bits per heavy atom. The van der Waals surface area contributed by atoms with Gasteiger partial charge in [-0.25, -0.2) is 0 Å². The van der Waals surface area contributed by atoms with Crippen molar-refractivity contribution in [3.05, 3.63) is 18.2 Å². The van der Waals surface area contributed by atoms with Crippen molar-refractivity contribution < 1.29 is 19.1 Å². The zero-order chi connectivity index (χ0) is 22.3. The second-order valence-corrected chi connectivity index (χ2v) is 8.38. The van der Waals surface area contributed by atoms with E-state index in [4.69, 9.17) is 15.2 Å². The maximum atomic E-state index is 13.4. The van der Waals surface area contributed by atoms with E-state index < -0.39 is 5.92 Å². The van der Waals surface area contributed by atoms with Crippen molar-refractivity contribution in [2.75, 3.05) is 45.3 Å². The first-order valence-corrected chi connectivity index (χ1v) is 10.9. The lowest BCUT2D eigenvalue weighted by molar-refractivity contribution is -0.142. The highest BCUT2D eigenvalue weighted by Gasteiger charge is 2.36. The summed E-state index contributed by atoms with van der Waals surface area (Å²) in [5, 5.41) is 0. The van der Waals surface area contributed by atoms with Gasteiger partial charge in [-0.3, -0.25) is 9.59 Å². The van der Waals surface area contributed by atoms with Crippen LogP contribution in [0.1, 0.15) is 40.0 Å². The zero-order valence-electron chi connectivity index (χ0n) is 19.0. The number of methoxy groups -OCH3 is 2. The quantitative estimate of drug-likeness (QED) is 0.630. The molecule has 30 heavy (non-hydrogen) atoms. The maximum Gasteiger partial charge on any atom is 0.226 e. The Morgan fingerprint density at radius 3 is 2.23 bits per heavy atom. The van der Waals surface area contributed by atoms with Crippen molar-refractivity contribution >= 4 is 17.5 Å². The zero-order valence-corrected chi connectivity index (χ0v) is 19.0. The van der Waals surface area contributed by atoms with Gasteiger partial charge in [0.25, 0.3) is 0 Å². The molecule has 0 spiro atoms. The molecular weight excluding hydrogens is 382 g/mol. The van der Waals surface area contributed by atoms with Gasteiger partial charge in [0.2, 0.25) is 11.8 Å². The summed E-state index contributed by atoms with van der Waals surface area (Å²) in [5.41, 5.74) is 6.67. The van der Waals surface area contributed by atoms with Gasteiger partial charge in [-0.2, -0.15) is 0 Å². The Morgan fingerprint density at radius 2 is 1.73 bits per heavy atom. The van der Waals surface area contributed by atoms with Crippen molar-refractivity contribution in [1.29, 1.82) is 0 Å². The topological polar surface area (TPSA) is 85.1 Å². The summed E-state index contributed by atoms with van der Waals surface area (Å²) in [6, 6.07) is 5.77. The Bertz CT molecular complexity index is 714. The molecule has 1 aromatic carbocycles. The monoisotopic (exact) mass is 419 g/mol. The summed E-state index contributed by atoms with van der Waals surface area (Å²) in [7, 11) is 3.27. The van der Waals surface area contributed by atoms with Crippen molar-refractivity contribution in [1.82, 2.24) is 4.90 Å². The van der Waals surface area contributed by atoms with E-state index in [9.17, 15) is 9.59 Å². The van der Waals surface area contributed by atoms with Gasteiger partial charge in [-0.15, -0.1) is 0 Å². The van der Waals surface area contributed by atoms with E-state index in [0.29, 0.717) is 44.9 Å². The number of benzene rings is 1. The van der Waals surface area contributed by atoms with E-state index in [1.165, 1.54) is 0 Å². The fraction of sp³-hybridized carbons (Fsp3) is 0.652. The summed E-state index contributed by atoms with van der Waals surface area (Å²) in [4.78, 5) is 29.6. The average Bonchev–Trinajstić information content (AvgIpc) is 2.74. The van der Waals surface area contributed by atoms with E-state index in [1.807, 2.05) is 30.0 Å². The molecule has 1 aromatic rings. The molecule has 0 aromatic heterocycles. The van der Waals surface area contributed by atoms with Gasteiger partial charge >= 0.3 is 0 Å². The fourth-order valence-corrected chi connectivity index (χ4v) is 4.25. The summed E-state index contributed by atoms with van der Waals surface area (Å²) in [5.74, 6) is 0.772. The SMILES string of the molecule is CCC[C@H](C(N)=O)[C@@H](CC(C)C)C(=O)N1CCN(c2ccc(OC)cc2OC)CC1. The number of nitrogens with two attached hydrogens (primary N) is 1. The predicted octanol–water partition coefficient (Wildman–Crippen LogP) is 2.92. The lowest BCUT2D eigenvalue weighted by atomic mass is 9.81. The second kappa shape index (κ2) is 11.1. The Kier molecular flexibility index (Phi) is 8.81. The molecule has 0 aliphatic carbocycles. The fourth-order valence-electron chi connectivity index (χ4n) is 4.25. The summed E-state index contributed by atoms with van der Waals surface area (Å²) in [6.07, 6.45) is 2.17. The standard InChI is InChI=1S/C23H37N3O4/c1-6-7-18(22(24)27)19(14-16(2)3)23(28)26-12-10-25(11-13-26)20-9-8-17(29-4)15-21(20)30-5/h8-9,15-16,18-19H,6-7,10-14H2,1-5H3,(H2,24,27)/t18-,19+/m0/s1. The first-order chi connectivity index (χ1) is 14.3. The van der Waals surface area contributed by atoms with E-state index in [-0.39, 0.29) is 17.7 Å². The first kappa shape index (κ1) is 23.8. The Balaban J connectivity index is 2.11. The lowest BCUT2D eigenvalue weighted by Gasteiger charge is -2.39. The third-order valence-electron chi connectivity index (χ3n) is 5.81. The minimum atomic E-state index is -0.399. The normalized spacial score (nSPS) is 16.3. The molecule has 1 saturated heterocycles. The van der Waals surface area contributed by atoms with Crippen LogP contribution in [0.2, 0.25) is 0 Å². The number of carbonyl (C=O) groups excluding carboxylic acids is 2. The largest absolute Gasteiger partial charge is 0.497 e.